The molecule has 9 nitrogen and oxygen atoms in total. The fourth-order valence-corrected chi connectivity index (χ4v) is 3.82. The largest absolute Gasteiger partial charge is 0.378 e. The van der Waals surface area contributed by atoms with E-state index in [2.05, 4.69) is 31.7 Å². The third kappa shape index (κ3) is 3.23. The second kappa shape index (κ2) is 7.25. The number of rotatable bonds is 3. The van der Waals surface area contributed by atoms with Gasteiger partial charge in [0.25, 0.3) is 0 Å². The summed E-state index contributed by atoms with van der Waals surface area (Å²) in [5, 5.41) is 0. The van der Waals surface area contributed by atoms with E-state index in [1.807, 2.05) is 18.5 Å². The zero-order valence-electron chi connectivity index (χ0n) is 16.2. The molecule has 0 unspecified atom stereocenters. The van der Waals surface area contributed by atoms with Gasteiger partial charge in [0.05, 0.1) is 30.8 Å². The van der Waals surface area contributed by atoms with Crippen LogP contribution in [0.25, 0.3) is 11.3 Å². The molecule has 3 aromatic heterocycles. The lowest BCUT2D eigenvalue weighted by Crippen LogP contribution is -2.37. The first kappa shape index (κ1) is 17.7. The predicted octanol–water partition coefficient (Wildman–Crippen LogP) is 1.75. The first-order valence-electron chi connectivity index (χ1n) is 9.70. The molecular formula is C20H22N8O. The number of nitrogens with two attached hydrogens (primary N) is 1. The molecule has 2 aliphatic rings. The van der Waals surface area contributed by atoms with E-state index in [1.54, 1.807) is 12.4 Å². The highest BCUT2D eigenvalue weighted by Gasteiger charge is 2.30. The van der Waals surface area contributed by atoms with Gasteiger partial charge < -0.3 is 20.3 Å². The zero-order valence-corrected chi connectivity index (χ0v) is 16.2. The Morgan fingerprint density at radius 2 is 1.83 bits per heavy atom. The van der Waals surface area contributed by atoms with Gasteiger partial charge in [-0.2, -0.15) is 4.98 Å². The summed E-state index contributed by atoms with van der Waals surface area (Å²) >= 11 is 0. The van der Waals surface area contributed by atoms with E-state index in [4.69, 9.17) is 20.4 Å². The topological polar surface area (TPSA) is 106 Å². The second-order valence-corrected chi connectivity index (χ2v) is 7.17. The van der Waals surface area contributed by atoms with Crippen LogP contribution in [0.2, 0.25) is 0 Å². The molecule has 0 aliphatic carbocycles. The molecule has 2 N–H and O–H groups in total. The van der Waals surface area contributed by atoms with Crippen LogP contribution in [0, 0.1) is 6.92 Å². The summed E-state index contributed by atoms with van der Waals surface area (Å²) in [6.45, 7) is 5.79. The number of aromatic nitrogens is 5. The van der Waals surface area contributed by atoms with Crippen LogP contribution >= 0.6 is 0 Å². The Kier molecular flexibility index (Phi) is 4.44. The first-order valence-corrected chi connectivity index (χ1v) is 9.70. The number of morpholine rings is 1. The molecule has 3 aromatic rings. The number of pyridine rings is 1. The minimum absolute atomic E-state index is 0.250. The Labute approximate surface area is 168 Å². The van der Waals surface area contributed by atoms with Crippen molar-refractivity contribution in [2.45, 2.75) is 13.3 Å². The third-order valence-electron chi connectivity index (χ3n) is 5.36. The number of anilines is 4. The molecular weight excluding hydrogens is 368 g/mol. The lowest BCUT2D eigenvalue weighted by atomic mass is 10.1. The van der Waals surface area contributed by atoms with Crippen LogP contribution in [0.15, 0.2) is 30.9 Å². The predicted molar refractivity (Wildman–Crippen MR) is 110 cm³/mol. The Bertz CT molecular complexity index is 1030. The van der Waals surface area contributed by atoms with Crippen LogP contribution in [0.5, 0.6) is 0 Å². The van der Waals surface area contributed by atoms with Gasteiger partial charge in [0.15, 0.2) is 0 Å². The van der Waals surface area contributed by atoms with Crippen molar-refractivity contribution in [1.82, 2.24) is 24.9 Å². The average Bonchev–Trinajstić information content (AvgIpc) is 3.18. The van der Waals surface area contributed by atoms with Crippen molar-refractivity contribution in [3.05, 3.63) is 42.0 Å². The molecule has 29 heavy (non-hydrogen) atoms. The number of ether oxygens (including phenoxy) is 1. The zero-order chi connectivity index (χ0) is 19.8. The van der Waals surface area contributed by atoms with Crippen molar-refractivity contribution in [3.8, 4) is 11.3 Å². The number of nitrogen functional groups attached to an aromatic ring is 1. The number of hydrogen-bond donors (Lipinski definition) is 1. The molecule has 0 spiro atoms. The molecule has 1 fully saturated rings. The van der Waals surface area contributed by atoms with Crippen molar-refractivity contribution in [2.24, 2.45) is 0 Å². The van der Waals surface area contributed by atoms with Gasteiger partial charge in [0.1, 0.15) is 5.82 Å². The van der Waals surface area contributed by atoms with E-state index in [0.717, 1.165) is 59.9 Å². The minimum atomic E-state index is 0.250. The van der Waals surface area contributed by atoms with Crippen molar-refractivity contribution < 1.29 is 4.74 Å². The maximum atomic E-state index is 5.69. The Balaban J connectivity index is 1.66. The van der Waals surface area contributed by atoms with Gasteiger partial charge in [-0.1, -0.05) is 0 Å². The number of nitrogens with zero attached hydrogens (tertiary/aromatic N) is 7. The molecule has 2 aliphatic heterocycles. The van der Waals surface area contributed by atoms with Crippen molar-refractivity contribution >= 4 is 23.4 Å². The summed E-state index contributed by atoms with van der Waals surface area (Å²) in [6.07, 6.45) is 8.00. The molecule has 0 atom stereocenters. The third-order valence-corrected chi connectivity index (χ3v) is 5.36. The summed E-state index contributed by atoms with van der Waals surface area (Å²) in [5.74, 6) is 1.87. The van der Waals surface area contributed by atoms with E-state index < -0.39 is 0 Å². The smallest absolute Gasteiger partial charge is 0.228 e. The second-order valence-electron chi connectivity index (χ2n) is 7.17. The number of aryl methyl sites for hydroxylation is 1. The standard InChI is InChI=1S/C20H22N8O/c1-13-2-4-22-12-16(13)28-5-3-15-17(14-10-23-19(21)24-11-14)25-20(26-18(15)28)27-6-8-29-9-7-27/h2,4,10-12H,3,5-9H2,1H3,(H2,21,23,24). The quantitative estimate of drug-likeness (QED) is 0.716. The molecule has 148 valence electrons. The minimum Gasteiger partial charge on any atom is -0.378 e. The SMILES string of the molecule is Cc1ccncc1N1CCc2c(-c3cnc(N)nc3)nc(N3CCOCC3)nc21. The molecule has 0 aromatic carbocycles. The summed E-state index contributed by atoms with van der Waals surface area (Å²) < 4.78 is 5.50. The first-order chi connectivity index (χ1) is 14.2. The summed E-state index contributed by atoms with van der Waals surface area (Å²) in [7, 11) is 0. The van der Waals surface area contributed by atoms with Crippen molar-refractivity contribution in [2.75, 3.05) is 48.4 Å². The van der Waals surface area contributed by atoms with Gasteiger partial charge in [-0.05, 0) is 25.0 Å². The van der Waals surface area contributed by atoms with E-state index in [1.165, 1.54) is 0 Å². The summed E-state index contributed by atoms with van der Waals surface area (Å²) in [4.78, 5) is 26.9. The maximum Gasteiger partial charge on any atom is 0.228 e. The highest BCUT2D eigenvalue weighted by molar-refractivity contribution is 5.77. The van der Waals surface area contributed by atoms with Gasteiger partial charge in [-0.3, -0.25) is 4.98 Å². The normalized spacial score (nSPS) is 16.2. The Hall–Kier alpha value is -3.33. The van der Waals surface area contributed by atoms with Gasteiger partial charge in [0, 0.05) is 49.4 Å². The molecule has 1 saturated heterocycles. The fourth-order valence-electron chi connectivity index (χ4n) is 3.82. The van der Waals surface area contributed by atoms with Crippen LogP contribution in [0.3, 0.4) is 0 Å². The molecule has 5 heterocycles. The lowest BCUT2D eigenvalue weighted by Gasteiger charge is -2.28. The van der Waals surface area contributed by atoms with E-state index in [-0.39, 0.29) is 5.95 Å². The highest BCUT2D eigenvalue weighted by atomic mass is 16.5. The van der Waals surface area contributed by atoms with Gasteiger partial charge >= 0.3 is 0 Å². The summed E-state index contributed by atoms with van der Waals surface area (Å²) in [5.41, 5.74) is 10.7. The molecule has 0 saturated carbocycles. The lowest BCUT2D eigenvalue weighted by molar-refractivity contribution is 0.122. The van der Waals surface area contributed by atoms with Crippen LogP contribution in [-0.2, 0) is 11.2 Å². The molecule has 5 rings (SSSR count). The molecule has 0 bridgehead atoms. The summed E-state index contributed by atoms with van der Waals surface area (Å²) in [6, 6.07) is 2.02. The van der Waals surface area contributed by atoms with Crippen LogP contribution in [-0.4, -0.2) is 57.8 Å². The van der Waals surface area contributed by atoms with Crippen molar-refractivity contribution in [1.29, 1.82) is 0 Å². The number of hydrogen-bond acceptors (Lipinski definition) is 9. The van der Waals surface area contributed by atoms with Crippen LogP contribution < -0.4 is 15.5 Å². The van der Waals surface area contributed by atoms with E-state index in [0.29, 0.717) is 19.2 Å². The number of fused-ring (bicyclic) bond motifs is 1. The van der Waals surface area contributed by atoms with Crippen LogP contribution in [0.4, 0.5) is 23.4 Å². The Morgan fingerprint density at radius 1 is 1.03 bits per heavy atom. The maximum absolute atomic E-state index is 5.69. The molecule has 0 radical (unpaired) electrons. The average molecular weight is 390 g/mol. The highest BCUT2D eigenvalue weighted by Crippen LogP contribution is 2.39. The van der Waals surface area contributed by atoms with Gasteiger partial charge in [-0.25, -0.2) is 15.0 Å². The monoisotopic (exact) mass is 390 g/mol. The molecule has 9 heteroatoms. The Morgan fingerprint density at radius 3 is 2.59 bits per heavy atom. The van der Waals surface area contributed by atoms with Gasteiger partial charge in [-0.15, -0.1) is 0 Å². The van der Waals surface area contributed by atoms with E-state index >= 15 is 0 Å². The molecule has 0 amide bonds. The van der Waals surface area contributed by atoms with Crippen molar-refractivity contribution in [3.63, 3.8) is 0 Å². The van der Waals surface area contributed by atoms with Gasteiger partial charge in [0.2, 0.25) is 11.9 Å². The van der Waals surface area contributed by atoms with E-state index in [9.17, 15) is 0 Å². The fraction of sp³-hybridized carbons (Fsp3) is 0.350. The van der Waals surface area contributed by atoms with Crippen LogP contribution in [0.1, 0.15) is 11.1 Å².